The summed E-state index contributed by atoms with van der Waals surface area (Å²) in [6.07, 6.45) is 2.24. The summed E-state index contributed by atoms with van der Waals surface area (Å²) in [6, 6.07) is 10.7. The molecule has 0 spiro atoms. The van der Waals surface area contributed by atoms with Crippen molar-refractivity contribution >= 4 is 26.5 Å². The Balaban J connectivity index is 1.48. The molecule has 0 bridgehead atoms. The summed E-state index contributed by atoms with van der Waals surface area (Å²) >= 11 is 1.63. The number of piperazine rings is 1. The highest BCUT2D eigenvalue weighted by molar-refractivity contribution is 7.89. The highest BCUT2D eigenvalue weighted by atomic mass is 32.2. The summed E-state index contributed by atoms with van der Waals surface area (Å²) in [5.74, 6) is 0. The van der Waals surface area contributed by atoms with Crippen LogP contribution in [0.5, 0.6) is 0 Å². The molecule has 1 aromatic heterocycles. The zero-order valence-electron chi connectivity index (χ0n) is 20.2. The van der Waals surface area contributed by atoms with Crippen molar-refractivity contribution < 1.29 is 8.42 Å². The highest BCUT2D eigenvalue weighted by Gasteiger charge is 2.32. The van der Waals surface area contributed by atoms with Crippen molar-refractivity contribution in [2.24, 2.45) is 0 Å². The number of rotatable bonds is 6. The largest absolute Gasteiger partial charge is 0.345 e. The van der Waals surface area contributed by atoms with Gasteiger partial charge in [-0.25, -0.2) is 13.4 Å². The molecule has 1 aliphatic rings. The van der Waals surface area contributed by atoms with Gasteiger partial charge in [0.2, 0.25) is 10.0 Å². The van der Waals surface area contributed by atoms with Crippen LogP contribution in [0.1, 0.15) is 41.2 Å². The fraction of sp³-hybridized carbons (Fsp3) is 0.423. The molecule has 0 aliphatic carbocycles. The van der Waals surface area contributed by atoms with Gasteiger partial charge in [-0.2, -0.15) is 4.31 Å². The Bertz CT molecular complexity index is 1210. The number of benzene rings is 2. The summed E-state index contributed by atoms with van der Waals surface area (Å²) in [7, 11) is -3.53. The molecule has 4 rings (SSSR count). The monoisotopic (exact) mass is 483 g/mol. The van der Waals surface area contributed by atoms with E-state index in [1.54, 1.807) is 15.6 Å². The quantitative estimate of drug-likeness (QED) is 0.464. The minimum atomic E-state index is -3.53. The van der Waals surface area contributed by atoms with Gasteiger partial charge in [0, 0.05) is 37.1 Å². The van der Waals surface area contributed by atoms with Crippen molar-refractivity contribution in [2.75, 3.05) is 31.1 Å². The number of hydrogen-bond acceptors (Lipinski definition) is 5. The lowest BCUT2D eigenvalue weighted by atomic mass is 10.0. The van der Waals surface area contributed by atoms with E-state index >= 15 is 0 Å². The van der Waals surface area contributed by atoms with Gasteiger partial charge in [0.15, 0.2) is 5.13 Å². The molecule has 0 unspecified atom stereocenters. The third-order valence-corrected chi connectivity index (χ3v) is 9.76. The molecule has 1 saturated heterocycles. The maximum Gasteiger partial charge on any atom is 0.243 e. The number of nitrogens with zero attached hydrogens (tertiary/aromatic N) is 3. The Kier molecular flexibility index (Phi) is 6.93. The van der Waals surface area contributed by atoms with Crippen molar-refractivity contribution in [3.05, 3.63) is 63.5 Å². The normalized spacial score (nSPS) is 15.2. The fourth-order valence-corrected chi connectivity index (χ4v) is 7.38. The molecule has 0 atom stereocenters. The molecule has 3 aromatic rings. The number of aromatic nitrogens is 1. The molecular weight excluding hydrogens is 450 g/mol. The molecule has 0 radical (unpaired) electrons. The van der Waals surface area contributed by atoms with E-state index in [2.05, 4.69) is 47.5 Å². The third kappa shape index (κ3) is 4.72. The van der Waals surface area contributed by atoms with Crippen LogP contribution in [-0.2, 0) is 16.4 Å². The van der Waals surface area contributed by atoms with Crippen LogP contribution in [0, 0.1) is 27.7 Å². The SMILES string of the molecule is CCCc1ccc(-c2csc(N3CCN(S(=O)(=O)c4c(C)c(C)cc(C)c4C)CC3)n2)cc1. The lowest BCUT2D eigenvalue weighted by Crippen LogP contribution is -2.49. The van der Waals surface area contributed by atoms with Gasteiger partial charge < -0.3 is 4.90 Å². The molecule has 0 saturated carbocycles. The second kappa shape index (κ2) is 9.57. The van der Waals surface area contributed by atoms with Gasteiger partial charge in [-0.3, -0.25) is 0 Å². The lowest BCUT2D eigenvalue weighted by molar-refractivity contribution is 0.384. The summed E-state index contributed by atoms with van der Waals surface area (Å²) in [5, 5.41) is 3.05. The Labute approximate surface area is 202 Å². The molecular formula is C26H33N3O2S2. The Morgan fingerprint density at radius 3 is 2.12 bits per heavy atom. The van der Waals surface area contributed by atoms with E-state index < -0.39 is 10.0 Å². The predicted molar refractivity (Wildman–Crippen MR) is 138 cm³/mol. The van der Waals surface area contributed by atoms with Crippen LogP contribution in [0.2, 0.25) is 0 Å². The topological polar surface area (TPSA) is 53.5 Å². The van der Waals surface area contributed by atoms with Gasteiger partial charge >= 0.3 is 0 Å². The second-order valence-corrected chi connectivity index (χ2v) is 11.7. The zero-order valence-corrected chi connectivity index (χ0v) is 21.8. The van der Waals surface area contributed by atoms with Crippen LogP contribution in [0.4, 0.5) is 5.13 Å². The van der Waals surface area contributed by atoms with Gasteiger partial charge in [0.25, 0.3) is 0 Å². The standard InChI is InChI=1S/C26H33N3O2S2/c1-6-7-22-8-10-23(11-9-22)24-17-32-26(27-24)28-12-14-29(15-13-28)33(30,31)25-20(4)18(2)16-19(3)21(25)5/h8-11,16-17H,6-7,12-15H2,1-5H3. The molecule has 2 aromatic carbocycles. The highest BCUT2D eigenvalue weighted by Crippen LogP contribution is 2.31. The third-order valence-electron chi connectivity index (χ3n) is 6.68. The molecule has 5 nitrogen and oxygen atoms in total. The Morgan fingerprint density at radius 1 is 0.939 bits per heavy atom. The number of hydrogen-bond donors (Lipinski definition) is 0. The van der Waals surface area contributed by atoms with Crippen molar-refractivity contribution in [2.45, 2.75) is 52.4 Å². The first-order valence-electron chi connectivity index (χ1n) is 11.6. The van der Waals surface area contributed by atoms with Crippen LogP contribution >= 0.6 is 11.3 Å². The summed E-state index contributed by atoms with van der Waals surface area (Å²) in [6.45, 7) is 12.2. The number of thiazole rings is 1. The fourth-order valence-electron chi connectivity index (χ4n) is 4.49. The first-order chi connectivity index (χ1) is 15.7. The molecule has 176 valence electrons. The average Bonchev–Trinajstić information content (AvgIpc) is 3.29. The van der Waals surface area contributed by atoms with E-state index in [0.29, 0.717) is 31.1 Å². The number of aryl methyl sites for hydroxylation is 3. The molecule has 2 heterocycles. The first kappa shape index (κ1) is 23.9. The molecule has 0 N–H and O–H groups in total. The van der Waals surface area contributed by atoms with Crippen LogP contribution in [0.3, 0.4) is 0 Å². The van der Waals surface area contributed by atoms with Crippen LogP contribution in [-0.4, -0.2) is 43.9 Å². The van der Waals surface area contributed by atoms with E-state index in [0.717, 1.165) is 51.5 Å². The Hall–Kier alpha value is -2.22. The summed E-state index contributed by atoms with van der Waals surface area (Å²) < 4.78 is 28.7. The molecule has 0 amide bonds. The van der Waals surface area contributed by atoms with Crippen LogP contribution in [0.15, 0.2) is 40.6 Å². The van der Waals surface area contributed by atoms with Gasteiger partial charge in [-0.05, 0) is 61.9 Å². The van der Waals surface area contributed by atoms with Gasteiger partial charge in [0.1, 0.15) is 0 Å². The minimum Gasteiger partial charge on any atom is -0.345 e. The molecule has 1 aliphatic heterocycles. The predicted octanol–water partition coefficient (Wildman–Crippen LogP) is 5.51. The number of anilines is 1. The second-order valence-electron chi connectivity index (χ2n) is 8.94. The smallest absolute Gasteiger partial charge is 0.243 e. The summed E-state index contributed by atoms with van der Waals surface area (Å²) in [5.41, 5.74) is 7.21. The Morgan fingerprint density at radius 2 is 1.55 bits per heavy atom. The van der Waals surface area contributed by atoms with E-state index in [1.807, 2.05) is 27.7 Å². The first-order valence-corrected chi connectivity index (χ1v) is 13.9. The average molecular weight is 484 g/mol. The summed E-state index contributed by atoms with van der Waals surface area (Å²) in [4.78, 5) is 7.54. The molecule has 1 fully saturated rings. The van der Waals surface area contributed by atoms with E-state index in [9.17, 15) is 8.42 Å². The van der Waals surface area contributed by atoms with Gasteiger partial charge in [-0.1, -0.05) is 43.7 Å². The number of sulfonamides is 1. The lowest BCUT2D eigenvalue weighted by Gasteiger charge is -2.34. The maximum atomic E-state index is 13.5. The maximum absolute atomic E-state index is 13.5. The van der Waals surface area contributed by atoms with E-state index in [1.165, 1.54) is 5.56 Å². The van der Waals surface area contributed by atoms with E-state index in [-0.39, 0.29) is 0 Å². The zero-order chi connectivity index (χ0) is 23.8. The van der Waals surface area contributed by atoms with Crippen molar-refractivity contribution in [3.8, 4) is 11.3 Å². The van der Waals surface area contributed by atoms with E-state index in [4.69, 9.17) is 4.98 Å². The van der Waals surface area contributed by atoms with Crippen molar-refractivity contribution in [1.29, 1.82) is 0 Å². The molecule has 7 heteroatoms. The van der Waals surface area contributed by atoms with Crippen molar-refractivity contribution in [1.82, 2.24) is 9.29 Å². The van der Waals surface area contributed by atoms with Crippen LogP contribution in [0.25, 0.3) is 11.3 Å². The van der Waals surface area contributed by atoms with Gasteiger partial charge in [-0.15, -0.1) is 11.3 Å². The van der Waals surface area contributed by atoms with Crippen LogP contribution < -0.4 is 4.90 Å². The van der Waals surface area contributed by atoms with Crippen molar-refractivity contribution in [3.63, 3.8) is 0 Å². The minimum absolute atomic E-state index is 0.467. The van der Waals surface area contributed by atoms with Gasteiger partial charge in [0.05, 0.1) is 10.6 Å². The molecule has 33 heavy (non-hydrogen) atoms.